The SMILES string of the molecule is CC(C)Cc1ccc(-c2c(Br)ncn2C)cc1. The Labute approximate surface area is 111 Å². The fourth-order valence-electron chi connectivity index (χ4n) is 1.99. The van der Waals surface area contributed by atoms with Crippen LogP contribution in [0.5, 0.6) is 0 Å². The molecule has 17 heavy (non-hydrogen) atoms. The van der Waals surface area contributed by atoms with Crippen molar-refractivity contribution in [1.29, 1.82) is 0 Å². The zero-order valence-electron chi connectivity index (χ0n) is 10.4. The molecule has 0 aliphatic rings. The first kappa shape index (κ1) is 12.4. The van der Waals surface area contributed by atoms with E-state index in [-0.39, 0.29) is 0 Å². The minimum absolute atomic E-state index is 0.698. The van der Waals surface area contributed by atoms with E-state index in [4.69, 9.17) is 0 Å². The lowest BCUT2D eigenvalue weighted by Crippen LogP contribution is -1.94. The second-order valence-corrected chi connectivity index (χ2v) is 5.54. The molecule has 0 bridgehead atoms. The summed E-state index contributed by atoms with van der Waals surface area (Å²) in [5, 5.41) is 0. The molecule has 0 N–H and O–H groups in total. The van der Waals surface area contributed by atoms with Crippen LogP contribution in [-0.2, 0) is 13.5 Å². The van der Waals surface area contributed by atoms with Gasteiger partial charge in [-0.3, -0.25) is 0 Å². The van der Waals surface area contributed by atoms with Gasteiger partial charge in [0.05, 0.1) is 12.0 Å². The van der Waals surface area contributed by atoms with Gasteiger partial charge in [0.15, 0.2) is 0 Å². The van der Waals surface area contributed by atoms with Gasteiger partial charge >= 0.3 is 0 Å². The Morgan fingerprint density at radius 3 is 2.35 bits per heavy atom. The number of benzene rings is 1. The summed E-state index contributed by atoms with van der Waals surface area (Å²) in [5.41, 5.74) is 3.72. The van der Waals surface area contributed by atoms with Crippen LogP contribution in [0.1, 0.15) is 19.4 Å². The van der Waals surface area contributed by atoms with Crippen LogP contribution in [0.25, 0.3) is 11.3 Å². The summed E-state index contributed by atoms with van der Waals surface area (Å²) in [4.78, 5) is 4.24. The van der Waals surface area contributed by atoms with Crippen molar-refractivity contribution in [3.8, 4) is 11.3 Å². The molecule has 2 nitrogen and oxygen atoms in total. The maximum absolute atomic E-state index is 4.24. The van der Waals surface area contributed by atoms with Gasteiger partial charge in [-0.15, -0.1) is 0 Å². The number of aryl methyl sites for hydroxylation is 1. The van der Waals surface area contributed by atoms with Crippen molar-refractivity contribution in [1.82, 2.24) is 9.55 Å². The van der Waals surface area contributed by atoms with Crippen LogP contribution in [0.2, 0.25) is 0 Å². The highest BCUT2D eigenvalue weighted by molar-refractivity contribution is 9.10. The third-order valence-electron chi connectivity index (χ3n) is 2.76. The molecule has 2 rings (SSSR count). The molecule has 0 atom stereocenters. The third kappa shape index (κ3) is 2.78. The van der Waals surface area contributed by atoms with Crippen LogP contribution in [0.4, 0.5) is 0 Å². The van der Waals surface area contributed by atoms with Crippen molar-refractivity contribution in [2.24, 2.45) is 13.0 Å². The topological polar surface area (TPSA) is 17.8 Å². The van der Waals surface area contributed by atoms with Crippen LogP contribution in [0.15, 0.2) is 35.2 Å². The number of rotatable bonds is 3. The highest BCUT2D eigenvalue weighted by Gasteiger charge is 2.08. The van der Waals surface area contributed by atoms with E-state index < -0.39 is 0 Å². The number of hydrogen-bond donors (Lipinski definition) is 0. The van der Waals surface area contributed by atoms with Crippen molar-refractivity contribution in [2.45, 2.75) is 20.3 Å². The second kappa shape index (κ2) is 5.05. The first-order valence-corrected chi connectivity index (χ1v) is 6.63. The quantitative estimate of drug-likeness (QED) is 0.835. The molecule has 1 aromatic carbocycles. The average molecular weight is 293 g/mol. The largest absolute Gasteiger partial charge is 0.333 e. The molecular formula is C14H17BrN2. The Balaban J connectivity index is 2.30. The van der Waals surface area contributed by atoms with Gasteiger partial charge < -0.3 is 4.57 Å². The molecule has 0 aliphatic heterocycles. The van der Waals surface area contributed by atoms with Gasteiger partial charge in [-0.05, 0) is 33.8 Å². The van der Waals surface area contributed by atoms with Crippen molar-refractivity contribution in [2.75, 3.05) is 0 Å². The first-order chi connectivity index (χ1) is 8.08. The van der Waals surface area contributed by atoms with Crippen molar-refractivity contribution < 1.29 is 0 Å². The predicted octanol–water partition coefficient (Wildman–Crippen LogP) is 4.05. The van der Waals surface area contributed by atoms with E-state index in [9.17, 15) is 0 Å². The lowest BCUT2D eigenvalue weighted by Gasteiger charge is -2.07. The Morgan fingerprint density at radius 1 is 1.24 bits per heavy atom. The molecule has 0 saturated heterocycles. The van der Waals surface area contributed by atoms with E-state index in [1.165, 1.54) is 11.1 Å². The summed E-state index contributed by atoms with van der Waals surface area (Å²) < 4.78 is 2.93. The standard InChI is InChI=1S/C14H17BrN2/c1-10(2)8-11-4-6-12(7-5-11)13-14(15)16-9-17(13)3/h4-7,9-10H,8H2,1-3H3. The fourth-order valence-corrected chi connectivity index (χ4v) is 2.59. The number of hydrogen-bond acceptors (Lipinski definition) is 1. The van der Waals surface area contributed by atoms with Crippen LogP contribution >= 0.6 is 15.9 Å². The molecule has 0 spiro atoms. The molecule has 1 heterocycles. The monoisotopic (exact) mass is 292 g/mol. The van der Waals surface area contributed by atoms with Crippen LogP contribution in [0.3, 0.4) is 0 Å². The van der Waals surface area contributed by atoms with E-state index in [2.05, 4.69) is 59.0 Å². The maximum atomic E-state index is 4.24. The van der Waals surface area contributed by atoms with Gasteiger partial charge in [0.1, 0.15) is 4.60 Å². The van der Waals surface area contributed by atoms with E-state index in [0.29, 0.717) is 5.92 Å². The lowest BCUT2D eigenvalue weighted by molar-refractivity contribution is 0.647. The van der Waals surface area contributed by atoms with E-state index in [1.54, 1.807) is 0 Å². The normalized spacial score (nSPS) is 11.1. The Kier molecular flexibility index (Phi) is 3.67. The van der Waals surface area contributed by atoms with Crippen molar-refractivity contribution in [3.63, 3.8) is 0 Å². The number of halogens is 1. The van der Waals surface area contributed by atoms with Gasteiger partial charge in [0.2, 0.25) is 0 Å². The van der Waals surface area contributed by atoms with Crippen molar-refractivity contribution in [3.05, 3.63) is 40.8 Å². The highest BCUT2D eigenvalue weighted by atomic mass is 79.9. The molecule has 90 valence electrons. The van der Waals surface area contributed by atoms with Gasteiger partial charge in [-0.2, -0.15) is 0 Å². The molecule has 0 saturated carbocycles. The van der Waals surface area contributed by atoms with Gasteiger partial charge in [-0.25, -0.2) is 4.98 Å². The molecule has 0 unspecified atom stereocenters. The van der Waals surface area contributed by atoms with E-state index >= 15 is 0 Å². The number of aromatic nitrogens is 2. The minimum atomic E-state index is 0.698. The predicted molar refractivity (Wildman–Crippen MR) is 74.9 cm³/mol. The number of nitrogens with zero attached hydrogens (tertiary/aromatic N) is 2. The molecule has 3 heteroatoms. The molecule has 0 fully saturated rings. The summed E-state index contributed by atoms with van der Waals surface area (Å²) in [6.07, 6.45) is 2.95. The molecular weight excluding hydrogens is 276 g/mol. The van der Waals surface area contributed by atoms with Crippen LogP contribution in [-0.4, -0.2) is 9.55 Å². The van der Waals surface area contributed by atoms with Gasteiger partial charge in [-0.1, -0.05) is 38.1 Å². The molecule has 0 aliphatic carbocycles. The molecule has 1 aromatic heterocycles. The zero-order valence-corrected chi connectivity index (χ0v) is 12.0. The average Bonchev–Trinajstić information content (AvgIpc) is 2.59. The Hall–Kier alpha value is -1.09. The summed E-state index contributed by atoms with van der Waals surface area (Å²) in [6.45, 7) is 4.48. The maximum Gasteiger partial charge on any atom is 0.132 e. The zero-order chi connectivity index (χ0) is 12.4. The molecule has 0 radical (unpaired) electrons. The Bertz CT molecular complexity index is 478. The molecule has 2 aromatic rings. The fraction of sp³-hybridized carbons (Fsp3) is 0.357. The number of imidazole rings is 1. The minimum Gasteiger partial charge on any atom is -0.333 e. The summed E-state index contributed by atoms with van der Waals surface area (Å²) >= 11 is 3.48. The van der Waals surface area contributed by atoms with Gasteiger partial charge in [0.25, 0.3) is 0 Å². The third-order valence-corrected chi connectivity index (χ3v) is 3.34. The summed E-state index contributed by atoms with van der Waals surface area (Å²) in [5.74, 6) is 0.698. The van der Waals surface area contributed by atoms with E-state index in [1.807, 2.05) is 17.9 Å². The van der Waals surface area contributed by atoms with E-state index in [0.717, 1.165) is 16.7 Å². The highest BCUT2D eigenvalue weighted by Crippen LogP contribution is 2.27. The molecule has 0 amide bonds. The lowest BCUT2D eigenvalue weighted by atomic mass is 10.0. The van der Waals surface area contributed by atoms with Crippen LogP contribution < -0.4 is 0 Å². The smallest absolute Gasteiger partial charge is 0.132 e. The van der Waals surface area contributed by atoms with Gasteiger partial charge in [0, 0.05) is 12.6 Å². The van der Waals surface area contributed by atoms with Crippen LogP contribution in [0, 0.1) is 5.92 Å². The van der Waals surface area contributed by atoms with Crippen molar-refractivity contribution >= 4 is 15.9 Å². The first-order valence-electron chi connectivity index (χ1n) is 5.84. The Morgan fingerprint density at radius 2 is 1.88 bits per heavy atom. The summed E-state index contributed by atoms with van der Waals surface area (Å²) in [6, 6.07) is 8.74. The second-order valence-electron chi connectivity index (χ2n) is 4.79. The summed E-state index contributed by atoms with van der Waals surface area (Å²) in [7, 11) is 2.01.